The summed E-state index contributed by atoms with van der Waals surface area (Å²) in [4.78, 5) is 15.8. The number of carbonyl (C=O) groups is 1. The SMILES string of the molecule is CCC1(CC)CC(NC(=O)Cn2cnc(N)n2)CCO1. The molecule has 1 amide bonds. The number of nitrogens with two attached hydrogens (primary N) is 1. The maximum atomic E-state index is 12.0. The first-order valence-corrected chi connectivity index (χ1v) is 7.15. The molecule has 1 atom stereocenters. The second kappa shape index (κ2) is 6.21. The van der Waals surface area contributed by atoms with E-state index in [1.54, 1.807) is 0 Å². The average molecular weight is 281 g/mol. The van der Waals surface area contributed by atoms with Crippen molar-refractivity contribution >= 4 is 11.9 Å². The zero-order chi connectivity index (χ0) is 14.6. The van der Waals surface area contributed by atoms with E-state index < -0.39 is 0 Å². The monoisotopic (exact) mass is 281 g/mol. The Morgan fingerprint density at radius 3 is 2.95 bits per heavy atom. The van der Waals surface area contributed by atoms with Crippen molar-refractivity contribution in [2.45, 2.75) is 57.7 Å². The van der Waals surface area contributed by atoms with Gasteiger partial charge in [0.2, 0.25) is 11.9 Å². The highest BCUT2D eigenvalue weighted by molar-refractivity contribution is 5.75. The van der Waals surface area contributed by atoms with Gasteiger partial charge in [-0.3, -0.25) is 4.79 Å². The van der Waals surface area contributed by atoms with Crippen molar-refractivity contribution in [3.8, 4) is 0 Å². The normalized spacial score (nSPS) is 21.6. The Labute approximate surface area is 118 Å². The van der Waals surface area contributed by atoms with Gasteiger partial charge in [0.25, 0.3) is 0 Å². The molecule has 2 heterocycles. The first kappa shape index (κ1) is 14.8. The van der Waals surface area contributed by atoms with Crippen LogP contribution < -0.4 is 11.1 Å². The van der Waals surface area contributed by atoms with Gasteiger partial charge >= 0.3 is 0 Å². The number of nitrogens with zero attached hydrogens (tertiary/aromatic N) is 3. The summed E-state index contributed by atoms with van der Waals surface area (Å²) in [6, 6.07) is 0.164. The molecule has 1 aliphatic heterocycles. The number of hydrogen-bond donors (Lipinski definition) is 2. The molecule has 1 saturated heterocycles. The summed E-state index contributed by atoms with van der Waals surface area (Å²) in [5.74, 6) is 0.114. The van der Waals surface area contributed by atoms with Crippen molar-refractivity contribution in [3.63, 3.8) is 0 Å². The molecule has 0 aromatic carbocycles. The van der Waals surface area contributed by atoms with E-state index in [1.807, 2.05) is 0 Å². The third-order valence-electron chi connectivity index (χ3n) is 4.01. The zero-order valence-electron chi connectivity index (χ0n) is 12.1. The minimum absolute atomic E-state index is 0.0668. The molecule has 0 bridgehead atoms. The summed E-state index contributed by atoms with van der Waals surface area (Å²) in [6.45, 7) is 5.10. The predicted octanol–water partition coefficient (Wildman–Crippen LogP) is 0.714. The fraction of sp³-hybridized carbons (Fsp3) is 0.769. The molecule has 0 spiro atoms. The number of nitrogen functional groups attached to an aromatic ring is 1. The van der Waals surface area contributed by atoms with Crippen LogP contribution in [0, 0.1) is 0 Å². The largest absolute Gasteiger partial charge is 0.375 e. The molecule has 7 nitrogen and oxygen atoms in total. The molecule has 0 radical (unpaired) electrons. The quantitative estimate of drug-likeness (QED) is 0.829. The van der Waals surface area contributed by atoms with Crippen LogP contribution in [0.3, 0.4) is 0 Å². The van der Waals surface area contributed by atoms with E-state index in [-0.39, 0.29) is 30.0 Å². The van der Waals surface area contributed by atoms with Crippen LogP contribution in [0.2, 0.25) is 0 Å². The molecule has 1 aromatic rings. The van der Waals surface area contributed by atoms with Crippen LogP contribution in [0.1, 0.15) is 39.5 Å². The first-order chi connectivity index (χ1) is 9.57. The fourth-order valence-electron chi connectivity index (χ4n) is 2.70. The number of ether oxygens (including phenoxy) is 1. The molecule has 1 aromatic heterocycles. The average Bonchev–Trinajstić information content (AvgIpc) is 2.84. The minimum Gasteiger partial charge on any atom is -0.375 e. The Bertz CT molecular complexity index is 455. The van der Waals surface area contributed by atoms with E-state index in [9.17, 15) is 4.79 Å². The lowest BCUT2D eigenvalue weighted by Crippen LogP contribution is -2.48. The van der Waals surface area contributed by atoms with E-state index >= 15 is 0 Å². The van der Waals surface area contributed by atoms with Crippen LogP contribution in [0.25, 0.3) is 0 Å². The van der Waals surface area contributed by atoms with Gasteiger partial charge in [-0.15, -0.1) is 5.10 Å². The summed E-state index contributed by atoms with van der Waals surface area (Å²) in [5, 5.41) is 6.95. The number of aromatic nitrogens is 3. The van der Waals surface area contributed by atoms with Crippen LogP contribution in [0.15, 0.2) is 6.33 Å². The van der Waals surface area contributed by atoms with E-state index in [0.29, 0.717) is 6.61 Å². The summed E-state index contributed by atoms with van der Waals surface area (Å²) in [7, 11) is 0. The lowest BCUT2D eigenvalue weighted by molar-refractivity contribution is -0.126. The number of hydrogen-bond acceptors (Lipinski definition) is 5. The topological polar surface area (TPSA) is 95.1 Å². The van der Waals surface area contributed by atoms with Gasteiger partial charge in [0, 0.05) is 12.6 Å². The van der Waals surface area contributed by atoms with Gasteiger partial charge in [0.1, 0.15) is 12.9 Å². The minimum atomic E-state index is -0.0894. The molecular formula is C13H23N5O2. The Morgan fingerprint density at radius 1 is 1.60 bits per heavy atom. The van der Waals surface area contributed by atoms with Crippen molar-refractivity contribution < 1.29 is 9.53 Å². The molecule has 3 N–H and O–H groups in total. The van der Waals surface area contributed by atoms with Crippen LogP contribution >= 0.6 is 0 Å². The van der Waals surface area contributed by atoms with Gasteiger partial charge in [0.15, 0.2) is 0 Å². The Balaban J connectivity index is 1.87. The highest BCUT2D eigenvalue weighted by Gasteiger charge is 2.34. The van der Waals surface area contributed by atoms with Crippen molar-refractivity contribution in [2.24, 2.45) is 0 Å². The molecule has 20 heavy (non-hydrogen) atoms. The van der Waals surface area contributed by atoms with Crippen molar-refractivity contribution in [1.29, 1.82) is 0 Å². The third-order valence-corrected chi connectivity index (χ3v) is 4.01. The third kappa shape index (κ3) is 3.47. The van der Waals surface area contributed by atoms with E-state index in [2.05, 4.69) is 29.2 Å². The predicted molar refractivity (Wildman–Crippen MR) is 74.9 cm³/mol. The first-order valence-electron chi connectivity index (χ1n) is 7.15. The lowest BCUT2D eigenvalue weighted by Gasteiger charge is -2.40. The van der Waals surface area contributed by atoms with E-state index in [0.717, 1.165) is 25.7 Å². The van der Waals surface area contributed by atoms with Gasteiger partial charge in [-0.25, -0.2) is 9.67 Å². The van der Waals surface area contributed by atoms with E-state index in [4.69, 9.17) is 10.5 Å². The van der Waals surface area contributed by atoms with Gasteiger partial charge < -0.3 is 15.8 Å². The molecule has 112 valence electrons. The molecular weight excluding hydrogens is 258 g/mol. The van der Waals surface area contributed by atoms with Gasteiger partial charge in [0.05, 0.1) is 5.60 Å². The summed E-state index contributed by atoms with van der Waals surface area (Å²) < 4.78 is 7.34. The second-order valence-corrected chi connectivity index (χ2v) is 5.30. The number of amides is 1. The zero-order valence-corrected chi connectivity index (χ0v) is 12.1. The van der Waals surface area contributed by atoms with Crippen LogP contribution in [0.5, 0.6) is 0 Å². The number of rotatable bonds is 5. The molecule has 2 rings (SSSR count). The standard InChI is InChI=1S/C13H23N5O2/c1-3-13(4-2)7-10(5-6-20-13)16-11(19)8-18-9-15-12(14)17-18/h9-10H,3-8H2,1-2H3,(H2,14,17)(H,16,19). The van der Waals surface area contributed by atoms with Gasteiger partial charge in [-0.1, -0.05) is 13.8 Å². The van der Waals surface area contributed by atoms with Crippen LogP contribution in [-0.2, 0) is 16.1 Å². The van der Waals surface area contributed by atoms with Crippen molar-refractivity contribution in [2.75, 3.05) is 12.3 Å². The molecule has 0 saturated carbocycles. The Morgan fingerprint density at radius 2 is 2.35 bits per heavy atom. The number of nitrogens with one attached hydrogen (secondary N) is 1. The Hall–Kier alpha value is -1.63. The van der Waals surface area contributed by atoms with Crippen LogP contribution in [0.4, 0.5) is 5.95 Å². The number of carbonyl (C=O) groups excluding carboxylic acids is 1. The van der Waals surface area contributed by atoms with Gasteiger partial charge in [-0.2, -0.15) is 0 Å². The van der Waals surface area contributed by atoms with Crippen molar-refractivity contribution in [3.05, 3.63) is 6.33 Å². The number of anilines is 1. The maximum Gasteiger partial charge on any atom is 0.242 e. The molecule has 1 aliphatic rings. The molecule has 1 fully saturated rings. The van der Waals surface area contributed by atoms with Crippen LogP contribution in [-0.4, -0.2) is 38.9 Å². The molecule has 1 unspecified atom stereocenters. The Kier molecular flexibility index (Phi) is 4.59. The van der Waals surface area contributed by atoms with Crippen molar-refractivity contribution in [1.82, 2.24) is 20.1 Å². The summed E-state index contributed by atoms with van der Waals surface area (Å²) in [6.07, 6.45) is 5.12. The highest BCUT2D eigenvalue weighted by atomic mass is 16.5. The lowest BCUT2D eigenvalue weighted by atomic mass is 9.86. The highest BCUT2D eigenvalue weighted by Crippen LogP contribution is 2.31. The molecule has 0 aliphatic carbocycles. The summed E-state index contributed by atoms with van der Waals surface area (Å²) in [5.41, 5.74) is 5.33. The molecule has 7 heteroatoms. The van der Waals surface area contributed by atoms with E-state index in [1.165, 1.54) is 11.0 Å². The smallest absolute Gasteiger partial charge is 0.242 e. The summed E-state index contributed by atoms with van der Waals surface area (Å²) >= 11 is 0. The maximum absolute atomic E-state index is 12.0. The second-order valence-electron chi connectivity index (χ2n) is 5.30. The van der Waals surface area contributed by atoms with Gasteiger partial charge in [-0.05, 0) is 25.7 Å². The fourth-order valence-corrected chi connectivity index (χ4v) is 2.70.